The Morgan fingerprint density at radius 3 is 2.56 bits per heavy atom. The molecule has 1 heterocycles. The van der Waals surface area contributed by atoms with E-state index < -0.39 is 11.8 Å². The lowest BCUT2D eigenvalue weighted by Gasteiger charge is -2.31. The molecule has 0 aromatic carbocycles. The van der Waals surface area contributed by atoms with Gasteiger partial charge in [-0.05, 0) is 12.8 Å². The summed E-state index contributed by atoms with van der Waals surface area (Å²) in [4.78, 5) is 23.5. The topological polar surface area (TPSA) is 52.6 Å². The monoisotopic (exact) mass is 252 g/mol. The van der Waals surface area contributed by atoms with Gasteiger partial charge < -0.3 is 9.47 Å². The maximum absolute atomic E-state index is 12.1. The van der Waals surface area contributed by atoms with Gasteiger partial charge in [0.25, 0.3) is 0 Å². The highest BCUT2D eigenvalue weighted by atomic mass is 16.7. The van der Waals surface area contributed by atoms with Crippen LogP contribution < -0.4 is 0 Å². The highest BCUT2D eigenvalue weighted by Gasteiger charge is 2.32. The van der Waals surface area contributed by atoms with Gasteiger partial charge in [-0.15, -0.1) is 0 Å². The fourth-order valence-electron chi connectivity index (χ4n) is 2.60. The first-order valence-electron chi connectivity index (χ1n) is 6.61. The van der Waals surface area contributed by atoms with Crippen molar-refractivity contribution in [1.29, 1.82) is 0 Å². The zero-order valence-electron chi connectivity index (χ0n) is 11.0. The second kappa shape index (κ2) is 5.12. The molecule has 1 aliphatic carbocycles. The number of esters is 1. The largest absolute Gasteiger partial charge is 0.456 e. The van der Waals surface area contributed by atoms with Crippen molar-refractivity contribution in [2.45, 2.75) is 58.2 Å². The van der Waals surface area contributed by atoms with E-state index in [4.69, 9.17) is 9.47 Å². The van der Waals surface area contributed by atoms with Crippen molar-refractivity contribution >= 4 is 11.8 Å². The Morgan fingerprint density at radius 2 is 1.94 bits per heavy atom. The predicted molar refractivity (Wildman–Crippen MR) is 65.5 cm³/mol. The van der Waals surface area contributed by atoms with E-state index in [2.05, 4.69) is 0 Å². The van der Waals surface area contributed by atoms with Crippen molar-refractivity contribution in [3.05, 3.63) is 11.8 Å². The van der Waals surface area contributed by atoms with Gasteiger partial charge in [0.05, 0.1) is 12.5 Å². The zero-order chi connectivity index (χ0) is 13.2. The number of ether oxygens (including phenoxy) is 2. The van der Waals surface area contributed by atoms with Crippen LogP contribution >= 0.6 is 0 Å². The number of allylic oxidation sites excluding steroid dienone is 1. The quantitative estimate of drug-likeness (QED) is 0.725. The molecule has 100 valence electrons. The molecule has 1 aliphatic heterocycles. The van der Waals surface area contributed by atoms with Gasteiger partial charge in [-0.2, -0.15) is 0 Å². The summed E-state index contributed by atoms with van der Waals surface area (Å²) >= 11 is 0. The summed E-state index contributed by atoms with van der Waals surface area (Å²) in [5, 5.41) is 0. The number of carbonyl (C=O) groups excluding carboxylic acids is 2. The van der Waals surface area contributed by atoms with E-state index in [1.165, 1.54) is 12.5 Å². The molecule has 0 amide bonds. The van der Waals surface area contributed by atoms with Crippen LogP contribution in [0.15, 0.2) is 11.8 Å². The molecule has 4 nitrogen and oxygen atoms in total. The van der Waals surface area contributed by atoms with Gasteiger partial charge in [0.2, 0.25) is 5.79 Å². The second-order valence-electron chi connectivity index (χ2n) is 5.51. The van der Waals surface area contributed by atoms with Crippen LogP contribution in [0.1, 0.15) is 52.4 Å². The van der Waals surface area contributed by atoms with Crippen LogP contribution in [0, 0.1) is 5.92 Å². The van der Waals surface area contributed by atoms with Crippen LogP contribution in [-0.2, 0) is 19.1 Å². The van der Waals surface area contributed by atoms with Crippen molar-refractivity contribution in [2.75, 3.05) is 0 Å². The van der Waals surface area contributed by atoms with Crippen molar-refractivity contribution in [3.63, 3.8) is 0 Å². The average Bonchev–Trinajstić information content (AvgIpc) is 2.27. The van der Waals surface area contributed by atoms with Crippen LogP contribution in [0.25, 0.3) is 0 Å². The Bertz CT molecular complexity index is 375. The minimum atomic E-state index is -0.964. The summed E-state index contributed by atoms with van der Waals surface area (Å²) < 4.78 is 10.5. The van der Waals surface area contributed by atoms with Gasteiger partial charge >= 0.3 is 5.97 Å². The molecular formula is C14H20O4. The van der Waals surface area contributed by atoms with Crippen molar-refractivity contribution in [2.24, 2.45) is 5.92 Å². The summed E-state index contributed by atoms with van der Waals surface area (Å²) in [5.41, 5.74) is 0. The van der Waals surface area contributed by atoms with E-state index >= 15 is 0 Å². The minimum absolute atomic E-state index is 0.143. The van der Waals surface area contributed by atoms with E-state index in [9.17, 15) is 9.59 Å². The first kappa shape index (κ1) is 13.1. The number of cyclic esters (lactones) is 1. The summed E-state index contributed by atoms with van der Waals surface area (Å²) in [6.45, 7) is 3.34. The fourth-order valence-corrected chi connectivity index (χ4v) is 2.60. The molecule has 0 aromatic heterocycles. The van der Waals surface area contributed by atoms with Gasteiger partial charge in [0, 0.05) is 19.8 Å². The maximum atomic E-state index is 12.1. The Hall–Kier alpha value is -1.32. The lowest BCUT2D eigenvalue weighted by atomic mass is 9.85. The van der Waals surface area contributed by atoms with Crippen LogP contribution in [0.4, 0.5) is 0 Å². The average molecular weight is 252 g/mol. The Morgan fingerprint density at radius 1 is 1.28 bits per heavy atom. The molecule has 0 spiro atoms. The standard InChI is InChI=1S/C14H20O4/c1-14(2)17-11(9-13(16)18-14)8-12(15)10-6-4-3-5-7-10/h9-10H,3-8H2,1-2H3. The number of rotatable bonds is 3. The van der Waals surface area contributed by atoms with E-state index in [1.54, 1.807) is 13.8 Å². The molecule has 0 unspecified atom stereocenters. The van der Waals surface area contributed by atoms with Crippen LogP contribution in [0.3, 0.4) is 0 Å². The third-order valence-corrected chi connectivity index (χ3v) is 3.41. The van der Waals surface area contributed by atoms with Crippen LogP contribution in [-0.4, -0.2) is 17.5 Å². The fraction of sp³-hybridized carbons (Fsp3) is 0.714. The summed E-state index contributed by atoms with van der Waals surface area (Å²) in [6.07, 6.45) is 6.92. The number of ketones is 1. The molecular weight excluding hydrogens is 232 g/mol. The molecule has 0 saturated heterocycles. The molecule has 1 saturated carbocycles. The van der Waals surface area contributed by atoms with Crippen LogP contribution in [0.5, 0.6) is 0 Å². The molecule has 4 heteroatoms. The summed E-state index contributed by atoms with van der Waals surface area (Å²) in [6, 6.07) is 0. The summed E-state index contributed by atoms with van der Waals surface area (Å²) in [5.74, 6) is -0.631. The Kier molecular flexibility index (Phi) is 3.73. The van der Waals surface area contributed by atoms with E-state index in [1.807, 2.05) is 0 Å². The molecule has 2 rings (SSSR count). The zero-order valence-corrected chi connectivity index (χ0v) is 11.0. The van der Waals surface area contributed by atoms with Gasteiger partial charge in [0.1, 0.15) is 11.5 Å². The lowest BCUT2D eigenvalue weighted by molar-refractivity contribution is -0.205. The van der Waals surface area contributed by atoms with Crippen LogP contribution in [0.2, 0.25) is 0 Å². The smallest absolute Gasteiger partial charge is 0.337 e. The van der Waals surface area contributed by atoms with E-state index in [0.29, 0.717) is 5.76 Å². The first-order chi connectivity index (χ1) is 8.46. The van der Waals surface area contributed by atoms with Gasteiger partial charge in [0.15, 0.2) is 0 Å². The van der Waals surface area contributed by atoms with E-state index in [-0.39, 0.29) is 18.1 Å². The third kappa shape index (κ3) is 3.34. The minimum Gasteiger partial charge on any atom is -0.456 e. The van der Waals surface area contributed by atoms with Crippen molar-refractivity contribution < 1.29 is 19.1 Å². The Balaban J connectivity index is 1.96. The van der Waals surface area contributed by atoms with Crippen molar-refractivity contribution in [1.82, 2.24) is 0 Å². The lowest BCUT2D eigenvalue weighted by Crippen LogP contribution is -2.35. The van der Waals surface area contributed by atoms with Gasteiger partial charge in [-0.1, -0.05) is 19.3 Å². The van der Waals surface area contributed by atoms with Crippen molar-refractivity contribution in [3.8, 4) is 0 Å². The molecule has 0 radical (unpaired) electrons. The molecule has 0 N–H and O–H groups in total. The third-order valence-electron chi connectivity index (χ3n) is 3.41. The molecule has 0 aromatic rings. The molecule has 2 aliphatic rings. The molecule has 0 atom stereocenters. The Labute approximate surface area is 107 Å². The normalized spacial score (nSPS) is 23.9. The number of Topliss-reactive ketones (excluding diaryl/α,β-unsaturated/α-hetero) is 1. The first-order valence-corrected chi connectivity index (χ1v) is 6.61. The van der Waals surface area contributed by atoms with Gasteiger partial charge in [-0.25, -0.2) is 4.79 Å². The number of carbonyl (C=O) groups is 2. The van der Waals surface area contributed by atoms with E-state index in [0.717, 1.165) is 25.7 Å². The number of hydrogen-bond donors (Lipinski definition) is 0. The SMILES string of the molecule is CC1(C)OC(=O)C=C(CC(=O)C2CCCCC2)O1. The highest BCUT2D eigenvalue weighted by Crippen LogP contribution is 2.29. The summed E-state index contributed by atoms with van der Waals surface area (Å²) in [7, 11) is 0. The maximum Gasteiger partial charge on any atom is 0.337 e. The molecule has 1 fully saturated rings. The second-order valence-corrected chi connectivity index (χ2v) is 5.51. The number of hydrogen-bond acceptors (Lipinski definition) is 4. The molecule has 0 bridgehead atoms. The van der Waals surface area contributed by atoms with Gasteiger partial charge in [-0.3, -0.25) is 4.79 Å². The predicted octanol–water partition coefficient (Wildman–Crippen LogP) is 2.72. The highest BCUT2D eigenvalue weighted by molar-refractivity contribution is 5.87. The molecule has 18 heavy (non-hydrogen) atoms.